The zero-order valence-corrected chi connectivity index (χ0v) is 14.5. The summed E-state index contributed by atoms with van der Waals surface area (Å²) in [6.45, 7) is 4.87. The molecule has 1 aromatic carbocycles. The molecule has 0 saturated carbocycles. The maximum Gasteiger partial charge on any atom is 0.255 e. The van der Waals surface area contributed by atoms with E-state index in [9.17, 15) is 9.90 Å². The van der Waals surface area contributed by atoms with E-state index in [1.807, 2.05) is 0 Å². The molecule has 0 bridgehead atoms. The molecule has 1 heterocycles. The van der Waals surface area contributed by atoms with Gasteiger partial charge < -0.3 is 10.4 Å². The van der Waals surface area contributed by atoms with Crippen molar-refractivity contribution in [3.8, 4) is 5.75 Å². The third-order valence-electron chi connectivity index (χ3n) is 3.68. The molecule has 1 aliphatic heterocycles. The van der Waals surface area contributed by atoms with Crippen LogP contribution >= 0.6 is 31.9 Å². The van der Waals surface area contributed by atoms with Gasteiger partial charge >= 0.3 is 0 Å². The van der Waals surface area contributed by atoms with Crippen LogP contribution in [0.1, 0.15) is 30.1 Å². The van der Waals surface area contributed by atoms with Crippen molar-refractivity contribution in [1.82, 2.24) is 10.2 Å². The Kier molecular flexibility index (Phi) is 5.46. The van der Waals surface area contributed by atoms with Gasteiger partial charge in [0.15, 0.2) is 0 Å². The third-order valence-corrected chi connectivity index (χ3v) is 4.74. The minimum atomic E-state index is -0.243. The molecule has 1 saturated heterocycles. The van der Waals surface area contributed by atoms with Crippen molar-refractivity contribution in [2.75, 3.05) is 19.6 Å². The Balaban J connectivity index is 2.02. The SMILES string of the molecule is CCN1CCC[C@H]1CNC(=O)c1cc(Br)cc(Br)c1O. The highest BCUT2D eigenvalue weighted by Crippen LogP contribution is 2.31. The number of rotatable bonds is 4. The van der Waals surface area contributed by atoms with Crippen LogP contribution in [-0.4, -0.2) is 41.6 Å². The molecule has 0 aromatic heterocycles. The number of nitrogens with one attached hydrogen (secondary N) is 1. The molecule has 110 valence electrons. The molecule has 2 N–H and O–H groups in total. The van der Waals surface area contributed by atoms with Gasteiger partial charge in [-0.25, -0.2) is 0 Å². The highest BCUT2D eigenvalue weighted by atomic mass is 79.9. The maximum atomic E-state index is 12.2. The Morgan fingerprint density at radius 3 is 2.95 bits per heavy atom. The van der Waals surface area contributed by atoms with Gasteiger partial charge in [0, 0.05) is 17.1 Å². The molecule has 0 radical (unpaired) electrons. The average molecular weight is 406 g/mol. The van der Waals surface area contributed by atoms with E-state index in [2.05, 4.69) is 49.0 Å². The van der Waals surface area contributed by atoms with Crippen molar-refractivity contribution in [2.45, 2.75) is 25.8 Å². The zero-order valence-electron chi connectivity index (χ0n) is 11.3. The lowest BCUT2D eigenvalue weighted by molar-refractivity contribution is 0.0938. The Labute approximate surface area is 135 Å². The van der Waals surface area contributed by atoms with Crippen LogP contribution < -0.4 is 5.32 Å². The number of benzene rings is 1. The van der Waals surface area contributed by atoms with Gasteiger partial charge in [-0.15, -0.1) is 0 Å². The second-order valence-electron chi connectivity index (χ2n) is 4.92. The van der Waals surface area contributed by atoms with Crippen LogP contribution in [0.4, 0.5) is 0 Å². The molecule has 20 heavy (non-hydrogen) atoms. The van der Waals surface area contributed by atoms with E-state index in [1.54, 1.807) is 12.1 Å². The first kappa shape index (κ1) is 15.8. The van der Waals surface area contributed by atoms with E-state index >= 15 is 0 Å². The zero-order chi connectivity index (χ0) is 14.7. The van der Waals surface area contributed by atoms with Gasteiger partial charge in [0.05, 0.1) is 10.0 Å². The molecule has 2 rings (SSSR count). The summed E-state index contributed by atoms with van der Waals surface area (Å²) >= 11 is 6.56. The number of carbonyl (C=O) groups excluding carboxylic acids is 1. The molecule has 1 fully saturated rings. The van der Waals surface area contributed by atoms with Crippen LogP contribution in [-0.2, 0) is 0 Å². The van der Waals surface area contributed by atoms with E-state index in [-0.39, 0.29) is 17.2 Å². The summed E-state index contributed by atoms with van der Waals surface area (Å²) in [5.74, 6) is -0.267. The van der Waals surface area contributed by atoms with E-state index in [4.69, 9.17) is 0 Å². The second-order valence-corrected chi connectivity index (χ2v) is 6.69. The van der Waals surface area contributed by atoms with Crippen molar-refractivity contribution >= 4 is 37.8 Å². The van der Waals surface area contributed by atoms with Crippen LogP contribution in [0, 0.1) is 0 Å². The minimum absolute atomic E-state index is 0.0236. The molecular formula is C14H18Br2N2O2. The number of hydrogen-bond acceptors (Lipinski definition) is 3. The van der Waals surface area contributed by atoms with E-state index in [0.29, 0.717) is 17.1 Å². The molecule has 4 nitrogen and oxygen atoms in total. The summed E-state index contributed by atoms with van der Waals surface area (Å²) in [6.07, 6.45) is 2.30. The van der Waals surface area contributed by atoms with Gasteiger partial charge in [-0.1, -0.05) is 22.9 Å². The van der Waals surface area contributed by atoms with E-state index < -0.39 is 0 Å². The fraction of sp³-hybridized carbons (Fsp3) is 0.500. The van der Waals surface area contributed by atoms with Crippen LogP contribution in [0.2, 0.25) is 0 Å². The maximum absolute atomic E-state index is 12.2. The Morgan fingerprint density at radius 1 is 1.50 bits per heavy atom. The first-order valence-electron chi connectivity index (χ1n) is 6.73. The summed E-state index contributed by atoms with van der Waals surface area (Å²) in [7, 11) is 0. The number of aromatic hydroxyl groups is 1. The molecule has 1 aliphatic rings. The van der Waals surface area contributed by atoms with Crippen LogP contribution in [0.15, 0.2) is 21.1 Å². The van der Waals surface area contributed by atoms with Crippen molar-refractivity contribution in [3.63, 3.8) is 0 Å². The molecule has 1 atom stereocenters. The normalized spacial score (nSPS) is 19.2. The Bertz CT molecular complexity index is 508. The number of hydrogen-bond donors (Lipinski definition) is 2. The minimum Gasteiger partial charge on any atom is -0.506 e. The number of amides is 1. The summed E-state index contributed by atoms with van der Waals surface area (Å²) < 4.78 is 1.26. The summed E-state index contributed by atoms with van der Waals surface area (Å²) in [5, 5.41) is 12.9. The molecule has 6 heteroatoms. The van der Waals surface area contributed by atoms with Crippen molar-refractivity contribution in [3.05, 3.63) is 26.6 Å². The molecule has 1 aromatic rings. The van der Waals surface area contributed by atoms with Gasteiger partial charge in [-0.05, 0) is 54.0 Å². The van der Waals surface area contributed by atoms with E-state index in [1.165, 1.54) is 6.42 Å². The largest absolute Gasteiger partial charge is 0.506 e. The second kappa shape index (κ2) is 6.91. The van der Waals surface area contributed by atoms with Gasteiger partial charge in [0.25, 0.3) is 5.91 Å². The van der Waals surface area contributed by atoms with E-state index in [0.717, 1.165) is 24.0 Å². The number of phenols is 1. The molecule has 0 aliphatic carbocycles. The fourth-order valence-corrected chi connectivity index (χ4v) is 3.81. The lowest BCUT2D eigenvalue weighted by Crippen LogP contribution is -2.40. The molecule has 0 spiro atoms. The number of likely N-dealkylation sites (N-methyl/N-ethyl adjacent to an activating group) is 1. The number of likely N-dealkylation sites (tertiary alicyclic amines) is 1. The Morgan fingerprint density at radius 2 is 2.25 bits per heavy atom. The topological polar surface area (TPSA) is 52.6 Å². The number of carbonyl (C=O) groups is 1. The first-order chi connectivity index (χ1) is 9.52. The fourth-order valence-electron chi connectivity index (χ4n) is 2.59. The predicted molar refractivity (Wildman–Crippen MR) is 86.1 cm³/mol. The highest BCUT2D eigenvalue weighted by Gasteiger charge is 2.24. The first-order valence-corrected chi connectivity index (χ1v) is 8.31. The standard InChI is InChI=1S/C14H18Br2N2O2/c1-2-18-5-3-4-10(18)8-17-14(20)11-6-9(15)7-12(16)13(11)19/h6-7,10,19H,2-5,8H2,1H3,(H,17,20)/t10-/m0/s1. The third kappa shape index (κ3) is 3.54. The summed E-state index contributed by atoms with van der Waals surface area (Å²) in [5.41, 5.74) is 0.285. The van der Waals surface area contributed by atoms with Crippen molar-refractivity contribution in [1.29, 1.82) is 0 Å². The quantitative estimate of drug-likeness (QED) is 0.808. The molecule has 0 unspecified atom stereocenters. The average Bonchev–Trinajstić information content (AvgIpc) is 2.87. The summed E-state index contributed by atoms with van der Waals surface area (Å²) in [6, 6.07) is 3.74. The van der Waals surface area contributed by atoms with Crippen LogP contribution in [0.3, 0.4) is 0 Å². The monoisotopic (exact) mass is 404 g/mol. The lowest BCUT2D eigenvalue weighted by Gasteiger charge is -2.23. The highest BCUT2D eigenvalue weighted by molar-refractivity contribution is 9.11. The lowest BCUT2D eigenvalue weighted by atomic mass is 10.1. The number of nitrogens with zero attached hydrogens (tertiary/aromatic N) is 1. The smallest absolute Gasteiger partial charge is 0.255 e. The van der Waals surface area contributed by atoms with Gasteiger partial charge in [-0.3, -0.25) is 9.69 Å². The number of phenolic OH excluding ortho intramolecular Hbond substituents is 1. The Hall–Kier alpha value is -0.590. The molecular weight excluding hydrogens is 388 g/mol. The van der Waals surface area contributed by atoms with Gasteiger partial charge in [-0.2, -0.15) is 0 Å². The van der Waals surface area contributed by atoms with Crippen molar-refractivity contribution in [2.24, 2.45) is 0 Å². The van der Waals surface area contributed by atoms with Crippen LogP contribution in [0.5, 0.6) is 5.75 Å². The van der Waals surface area contributed by atoms with Crippen LogP contribution in [0.25, 0.3) is 0 Å². The van der Waals surface area contributed by atoms with Crippen molar-refractivity contribution < 1.29 is 9.90 Å². The predicted octanol–water partition coefficient (Wildman–Crippen LogP) is 3.13. The molecule has 1 amide bonds. The van der Waals surface area contributed by atoms with Gasteiger partial charge in [0.2, 0.25) is 0 Å². The summed E-state index contributed by atoms with van der Waals surface area (Å²) in [4.78, 5) is 14.6. The number of halogens is 2. The van der Waals surface area contributed by atoms with Gasteiger partial charge in [0.1, 0.15) is 5.75 Å².